The van der Waals surface area contributed by atoms with E-state index in [0.29, 0.717) is 0 Å². The van der Waals surface area contributed by atoms with E-state index in [1.807, 2.05) is 0 Å². The van der Waals surface area contributed by atoms with Crippen molar-refractivity contribution in [2.24, 2.45) is 0 Å². The van der Waals surface area contributed by atoms with Gasteiger partial charge in [-0.2, -0.15) is 29.9 Å². The summed E-state index contributed by atoms with van der Waals surface area (Å²) in [7, 11) is 0. The number of halogens is 2. The number of aromatic nitrogens is 10. The standard InChI is InChI=1S/C12H6Cl2N10/c13-9-17-7(19-11(21-9)23-3-1-15-5-23)8-18-10(14)22-12(20-8)24-4-2-16-6-24/h1-6H. The van der Waals surface area contributed by atoms with E-state index in [9.17, 15) is 0 Å². The van der Waals surface area contributed by atoms with Gasteiger partial charge in [0, 0.05) is 24.8 Å². The summed E-state index contributed by atoms with van der Waals surface area (Å²) in [5.74, 6) is 0.875. The van der Waals surface area contributed by atoms with Crippen LogP contribution in [0.15, 0.2) is 37.4 Å². The molecule has 0 aliphatic rings. The Morgan fingerprint density at radius 1 is 0.625 bits per heavy atom. The van der Waals surface area contributed by atoms with Crippen molar-refractivity contribution < 1.29 is 0 Å². The van der Waals surface area contributed by atoms with Crippen LogP contribution in [0.4, 0.5) is 0 Å². The van der Waals surface area contributed by atoms with Crippen LogP contribution in [0.25, 0.3) is 23.5 Å². The van der Waals surface area contributed by atoms with Gasteiger partial charge in [0.15, 0.2) is 0 Å². The molecule has 0 saturated heterocycles. The molecule has 0 spiro atoms. The minimum Gasteiger partial charge on any atom is -0.274 e. The third-order valence-electron chi connectivity index (χ3n) is 2.86. The van der Waals surface area contributed by atoms with Crippen molar-refractivity contribution >= 4 is 23.2 Å². The fourth-order valence-electron chi connectivity index (χ4n) is 1.87. The molecule has 4 rings (SSSR count). The maximum absolute atomic E-state index is 5.98. The highest BCUT2D eigenvalue weighted by Gasteiger charge is 2.14. The molecule has 24 heavy (non-hydrogen) atoms. The Balaban J connectivity index is 1.84. The molecular formula is C12H6Cl2N10. The molecule has 4 heterocycles. The summed E-state index contributed by atoms with van der Waals surface area (Å²) in [6, 6.07) is 0. The van der Waals surface area contributed by atoms with Gasteiger partial charge in [-0.3, -0.25) is 9.13 Å². The molecule has 0 amide bonds. The molecule has 0 fully saturated rings. The molecule has 0 aliphatic heterocycles. The molecule has 0 aliphatic carbocycles. The molecule has 0 atom stereocenters. The lowest BCUT2D eigenvalue weighted by molar-refractivity contribution is 0.867. The van der Waals surface area contributed by atoms with Gasteiger partial charge in [0.1, 0.15) is 12.7 Å². The van der Waals surface area contributed by atoms with Crippen LogP contribution in [0, 0.1) is 0 Å². The zero-order valence-electron chi connectivity index (χ0n) is 11.7. The monoisotopic (exact) mass is 360 g/mol. The summed E-state index contributed by atoms with van der Waals surface area (Å²) in [5, 5.41) is -0.0196. The van der Waals surface area contributed by atoms with E-state index >= 15 is 0 Å². The van der Waals surface area contributed by atoms with Crippen LogP contribution in [0.2, 0.25) is 10.6 Å². The predicted molar refractivity (Wildman–Crippen MR) is 82.9 cm³/mol. The van der Waals surface area contributed by atoms with Crippen molar-refractivity contribution in [3.63, 3.8) is 0 Å². The Hall–Kier alpha value is -2.98. The predicted octanol–water partition coefficient (Wildman–Crippen LogP) is 1.40. The van der Waals surface area contributed by atoms with Crippen LogP contribution in [-0.2, 0) is 0 Å². The summed E-state index contributed by atoms with van der Waals surface area (Å²) in [5.41, 5.74) is 0. The molecule has 10 nitrogen and oxygen atoms in total. The molecule has 118 valence electrons. The van der Waals surface area contributed by atoms with Crippen molar-refractivity contribution in [2.75, 3.05) is 0 Å². The molecule has 0 bridgehead atoms. The van der Waals surface area contributed by atoms with Crippen molar-refractivity contribution in [1.29, 1.82) is 0 Å². The maximum atomic E-state index is 5.98. The van der Waals surface area contributed by atoms with Gasteiger partial charge in [0.25, 0.3) is 0 Å². The number of hydrogen-bond acceptors (Lipinski definition) is 8. The van der Waals surface area contributed by atoms with Crippen LogP contribution in [-0.4, -0.2) is 49.0 Å². The van der Waals surface area contributed by atoms with E-state index in [-0.39, 0.29) is 34.1 Å². The Bertz CT molecular complexity index is 902. The number of nitrogens with zero attached hydrogens (tertiary/aromatic N) is 10. The Kier molecular flexibility index (Phi) is 3.59. The Morgan fingerprint density at radius 3 is 1.46 bits per heavy atom. The smallest absolute Gasteiger partial charge is 0.239 e. The van der Waals surface area contributed by atoms with Gasteiger partial charge < -0.3 is 0 Å². The second kappa shape index (κ2) is 5.91. The van der Waals surface area contributed by atoms with E-state index in [0.717, 1.165) is 0 Å². The Labute approximate surface area is 144 Å². The number of imidazole rings is 2. The lowest BCUT2D eigenvalue weighted by atomic mass is 10.5. The number of rotatable bonds is 3. The van der Waals surface area contributed by atoms with Crippen LogP contribution < -0.4 is 0 Å². The third-order valence-corrected chi connectivity index (χ3v) is 3.20. The second-order valence-corrected chi connectivity index (χ2v) is 5.07. The highest BCUT2D eigenvalue weighted by Crippen LogP contribution is 2.17. The first-order valence-corrected chi connectivity index (χ1v) is 7.25. The normalized spacial score (nSPS) is 10.9. The zero-order valence-corrected chi connectivity index (χ0v) is 13.2. The van der Waals surface area contributed by atoms with E-state index < -0.39 is 0 Å². The molecule has 12 heteroatoms. The molecular weight excluding hydrogens is 355 g/mol. The van der Waals surface area contributed by atoms with Crippen LogP contribution in [0.5, 0.6) is 0 Å². The summed E-state index contributed by atoms with van der Waals surface area (Å²) in [4.78, 5) is 32.6. The highest BCUT2D eigenvalue weighted by atomic mass is 35.5. The van der Waals surface area contributed by atoms with Gasteiger partial charge in [0.05, 0.1) is 0 Å². The summed E-state index contributed by atoms with van der Waals surface area (Å²) in [6.45, 7) is 0. The van der Waals surface area contributed by atoms with E-state index in [1.165, 1.54) is 12.7 Å². The van der Waals surface area contributed by atoms with Crippen LogP contribution >= 0.6 is 23.2 Å². The van der Waals surface area contributed by atoms with Gasteiger partial charge in [-0.15, -0.1) is 0 Å². The van der Waals surface area contributed by atoms with E-state index in [1.54, 1.807) is 33.9 Å². The first-order chi connectivity index (χ1) is 11.7. The fraction of sp³-hybridized carbons (Fsp3) is 0. The number of hydrogen-bond donors (Lipinski definition) is 0. The molecule has 4 aromatic heterocycles. The molecule has 0 unspecified atom stereocenters. The molecule has 0 N–H and O–H groups in total. The fourth-order valence-corrected chi connectivity index (χ4v) is 2.18. The minimum absolute atomic E-state index is 0.00980. The van der Waals surface area contributed by atoms with E-state index in [2.05, 4.69) is 39.9 Å². The maximum Gasteiger partial charge on any atom is 0.239 e. The van der Waals surface area contributed by atoms with E-state index in [4.69, 9.17) is 23.2 Å². The van der Waals surface area contributed by atoms with Crippen LogP contribution in [0.1, 0.15) is 0 Å². The van der Waals surface area contributed by atoms with Crippen molar-refractivity contribution in [3.05, 3.63) is 48.0 Å². The Morgan fingerprint density at radius 2 is 1.08 bits per heavy atom. The van der Waals surface area contributed by atoms with Crippen molar-refractivity contribution in [1.82, 2.24) is 49.0 Å². The molecule has 0 radical (unpaired) electrons. The summed E-state index contributed by atoms with van der Waals surface area (Å²) < 4.78 is 3.16. The first kappa shape index (κ1) is 14.6. The average Bonchev–Trinajstić information content (AvgIpc) is 3.27. The average molecular weight is 361 g/mol. The largest absolute Gasteiger partial charge is 0.274 e. The van der Waals surface area contributed by atoms with Crippen molar-refractivity contribution in [2.45, 2.75) is 0 Å². The second-order valence-electron chi connectivity index (χ2n) is 4.40. The van der Waals surface area contributed by atoms with Crippen molar-refractivity contribution in [3.8, 4) is 23.5 Å². The molecule has 0 saturated carbocycles. The third kappa shape index (κ3) is 2.79. The SMILES string of the molecule is Clc1nc(-c2nc(Cl)nc(-n3ccnc3)n2)nc(-n2ccnc2)n1. The first-order valence-electron chi connectivity index (χ1n) is 6.49. The molecule has 4 aromatic rings. The van der Waals surface area contributed by atoms with Gasteiger partial charge in [-0.25, -0.2) is 9.97 Å². The van der Waals surface area contributed by atoms with Gasteiger partial charge in [-0.1, -0.05) is 0 Å². The summed E-state index contributed by atoms with van der Waals surface area (Å²) >= 11 is 12.0. The lowest BCUT2D eigenvalue weighted by Crippen LogP contribution is -2.07. The van der Waals surface area contributed by atoms with Gasteiger partial charge in [0.2, 0.25) is 34.1 Å². The van der Waals surface area contributed by atoms with Gasteiger partial charge in [-0.05, 0) is 23.2 Å². The quantitative estimate of drug-likeness (QED) is 0.538. The molecule has 0 aromatic carbocycles. The minimum atomic E-state index is -0.00980. The highest BCUT2D eigenvalue weighted by molar-refractivity contribution is 6.28. The van der Waals surface area contributed by atoms with Gasteiger partial charge >= 0.3 is 0 Å². The zero-order chi connectivity index (χ0) is 16.5. The lowest BCUT2D eigenvalue weighted by Gasteiger charge is -2.05. The topological polar surface area (TPSA) is 113 Å². The van der Waals surface area contributed by atoms with Crippen LogP contribution in [0.3, 0.4) is 0 Å². The summed E-state index contributed by atoms with van der Waals surface area (Å²) in [6.07, 6.45) is 9.60.